The van der Waals surface area contributed by atoms with Crippen molar-refractivity contribution in [1.29, 1.82) is 0 Å². The molecule has 0 aliphatic carbocycles. The topological polar surface area (TPSA) is 101 Å². The summed E-state index contributed by atoms with van der Waals surface area (Å²) in [4.78, 5) is 12.2. The number of hydrogen-bond donors (Lipinski definition) is 3. The summed E-state index contributed by atoms with van der Waals surface area (Å²) in [5, 5.41) is 2.86. The minimum absolute atomic E-state index is 0. The molecule has 2 aromatic rings. The van der Waals surface area contributed by atoms with Crippen molar-refractivity contribution in [2.45, 2.75) is 45.0 Å². The van der Waals surface area contributed by atoms with Crippen molar-refractivity contribution < 1.29 is 13.2 Å². The van der Waals surface area contributed by atoms with Gasteiger partial charge in [0.1, 0.15) is 0 Å². The highest BCUT2D eigenvalue weighted by molar-refractivity contribution is 7.88. The third-order valence-corrected chi connectivity index (χ3v) is 5.55. The van der Waals surface area contributed by atoms with Crippen LogP contribution >= 0.6 is 12.4 Å². The molecule has 0 radical (unpaired) electrons. The van der Waals surface area contributed by atoms with E-state index in [0.717, 1.165) is 11.1 Å². The van der Waals surface area contributed by atoms with E-state index in [0.29, 0.717) is 24.1 Å². The van der Waals surface area contributed by atoms with Crippen LogP contribution in [0.2, 0.25) is 0 Å². The molecular weight excluding hydrogens is 398 g/mol. The Balaban J connectivity index is 0.00000392. The normalized spacial score (nSPS) is 11.1. The Labute approximate surface area is 173 Å². The van der Waals surface area contributed by atoms with Gasteiger partial charge in [-0.25, -0.2) is 13.1 Å². The Morgan fingerprint density at radius 3 is 2.18 bits per heavy atom. The first-order valence-electron chi connectivity index (χ1n) is 8.93. The Kier molecular flexibility index (Phi) is 9.45. The first-order chi connectivity index (χ1) is 12.8. The van der Waals surface area contributed by atoms with E-state index >= 15 is 0 Å². The number of rotatable bonds is 9. The molecule has 0 unspecified atom stereocenters. The number of halogens is 1. The van der Waals surface area contributed by atoms with Gasteiger partial charge in [-0.2, -0.15) is 0 Å². The van der Waals surface area contributed by atoms with Gasteiger partial charge in [0.25, 0.3) is 0 Å². The van der Waals surface area contributed by atoms with Crippen LogP contribution in [0, 0.1) is 0 Å². The van der Waals surface area contributed by atoms with E-state index in [1.165, 1.54) is 0 Å². The minimum Gasteiger partial charge on any atom is -0.399 e. The van der Waals surface area contributed by atoms with Crippen molar-refractivity contribution in [3.05, 3.63) is 65.2 Å². The van der Waals surface area contributed by atoms with Gasteiger partial charge in [0, 0.05) is 24.7 Å². The maximum atomic E-state index is 12.2. The fraction of sp³-hybridized carbons (Fsp3) is 0.350. The van der Waals surface area contributed by atoms with Crippen LogP contribution in [0.25, 0.3) is 0 Å². The molecule has 0 bridgehead atoms. The van der Waals surface area contributed by atoms with E-state index in [9.17, 15) is 13.2 Å². The second-order valence-electron chi connectivity index (χ2n) is 6.78. The zero-order chi connectivity index (χ0) is 19.9. The largest absolute Gasteiger partial charge is 0.399 e. The molecule has 8 heteroatoms. The molecule has 0 aromatic heterocycles. The van der Waals surface area contributed by atoms with E-state index in [1.807, 2.05) is 36.4 Å². The highest BCUT2D eigenvalue weighted by atomic mass is 35.5. The van der Waals surface area contributed by atoms with Gasteiger partial charge in [-0.3, -0.25) is 4.79 Å². The lowest BCUT2D eigenvalue weighted by Crippen LogP contribution is -2.32. The predicted octanol–water partition coefficient (Wildman–Crippen LogP) is 2.77. The van der Waals surface area contributed by atoms with Gasteiger partial charge >= 0.3 is 0 Å². The summed E-state index contributed by atoms with van der Waals surface area (Å²) >= 11 is 0. The number of nitrogen functional groups attached to an aromatic ring is 1. The van der Waals surface area contributed by atoms with Crippen LogP contribution < -0.4 is 15.8 Å². The van der Waals surface area contributed by atoms with E-state index < -0.39 is 10.0 Å². The van der Waals surface area contributed by atoms with Crippen molar-refractivity contribution in [1.82, 2.24) is 10.0 Å². The zero-order valence-corrected chi connectivity index (χ0v) is 17.8. The fourth-order valence-electron chi connectivity index (χ4n) is 2.77. The van der Waals surface area contributed by atoms with Gasteiger partial charge in [-0.05, 0) is 43.0 Å². The second kappa shape index (κ2) is 11.0. The standard InChI is InChI=1S/C20H27N3O3S.ClH/c1-15(2)23-27(25,26)14-18-9-4-3-8-17(18)13-22-20(24)12-11-16-7-5-6-10-19(16)21;/h3-10,15,23H,11-14,21H2,1-2H3,(H,22,24);1H. The Hall–Kier alpha value is -2.09. The zero-order valence-electron chi connectivity index (χ0n) is 16.1. The number of aryl methyl sites for hydroxylation is 1. The first kappa shape index (κ1) is 23.9. The third-order valence-electron chi connectivity index (χ3n) is 4.03. The first-order valence-corrected chi connectivity index (χ1v) is 10.6. The maximum absolute atomic E-state index is 12.2. The van der Waals surface area contributed by atoms with Crippen LogP contribution in [0.15, 0.2) is 48.5 Å². The van der Waals surface area contributed by atoms with E-state index in [1.54, 1.807) is 26.0 Å². The highest BCUT2D eigenvalue weighted by Gasteiger charge is 2.15. The summed E-state index contributed by atoms with van der Waals surface area (Å²) in [7, 11) is -3.42. The second-order valence-corrected chi connectivity index (χ2v) is 8.53. The SMILES string of the molecule is CC(C)NS(=O)(=O)Cc1ccccc1CNC(=O)CCc1ccccc1N.Cl. The van der Waals surface area contributed by atoms with Crippen LogP contribution in [0.3, 0.4) is 0 Å². The fourth-order valence-corrected chi connectivity index (χ4v) is 4.26. The molecule has 28 heavy (non-hydrogen) atoms. The number of anilines is 1. The van der Waals surface area contributed by atoms with Crippen LogP contribution in [0.1, 0.15) is 37.0 Å². The number of carbonyl (C=O) groups is 1. The number of nitrogens with one attached hydrogen (secondary N) is 2. The van der Waals surface area contributed by atoms with E-state index in [2.05, 4.69) is 10.0 Å². The van der Waals surface area contributed by atoms with Crippen molar-refractivity contribution in [3.63, 3.8) is 0 Å². The quantitative estimate of drug-likeness (QED) is 0.537. The summed E-state index contributed by atoms with van der Waals surface area (Å²) in [6.07, 6.45) is 0.885. The highest BCUT2D eigenvalue weighted by Crippen LogP contribution is 2.14. The lowest BCUT2D eigenvalue weighted by Gasteiger charge is -2.13. The summed E-state index contributed by atoms with van der Waals surface area (Å²) in [6, 6.07) is 14.5. The van der Waals surface area contributed by atoms with Crippen molar-refractivity contribution in [2.24, 2.45) is 0 Å². The van der Waals surface area contributed by atoms with Crippen LogP contribution in [-0.4, -0.2) is 20.4 Å². The molecule has 2 aromatic carbocycles. The maximum Gasteiger partial charge on any atom is 0.220 e. The molecule has 0 heterocycles. The van der Waals surface area contributed by atoms with Gasteiger partial charge in [-0.15, -0.1) is 12.4 Å². The van der Waals surface area contributed by atoms with Crippen molar-refractivity contribution in [3.8, 4) is 0 Å². The van der Waals surface area contributed by atoms with Crippen molar-refractivity contribution in [2.75, 3.05) is 5.73 Å². The number of amides is 1. The summed E-state index contributed by atoms with van der Waals surface area (Å²) < 4.78 is 26.9. The molecule has 154 valence electrons. The molecule has 1 amide bonds. The Morgan fingerprint density at radius 2 is 1.57 bits per heavy atom. The molecule has 2 rings (SSSR count). The number of sulfonamides is 1. The monoisotopic (exact) mass is 425 g/mol. The van der Waals surface area contributed by atoms with E-state index in [-0.39, 0.29) is 36.7 Å². The molecule has 0 saturated carbocycles. The summed E-state index contributed by atoms with van der Waals surface area (Å²) in [5.41, 5.74) is 8.98. The summed E-state index contributed by atoms with van der Waals surface area (Å²) in [6.45, 7) is 3.85. The predicted molar refractivity (Wildman–Crippen MR) is 116 cm³/mol. The van der Waals surface area contributed by atoms with Crippen LogP contribution in [0.4, 0.5) is 5.69 Å². The van der Waals surface area contributed by atoms with Gasteiger partial charge in [0.15, 0.2) is 0 Å². The number of nitrogens with two attached hydrogens (primary N) is 1. The third kappa shape index (κ3) is 7.88. The lowest BCUT2D eigenvalue weighted by molar-refractivity contribution is -0.121. The van der Waals surface area contributed by atoms with Gasteiger partial charge in [0.05, 0.1) is 5.75 Å². The number of carbonyl (C=O) groups excluding carboxylic acids is 1. The van der Waals surface area contributed by atoms with Crippen molar-refractivity contribution >= 4 is 34.0 Å². The summed E-state index contributed by atoms with van der Waals surface area (Å²) in [5.74, 6) is -0.214. The molecule has 0 atom stereocenters. The average molecular weight is 426 g/mol. The lowest BCUT2D eigenvalue weighted by atomic mass is 10.1. The van der Waals surface area contributed by atoms with Gasteiger partial charge in [-0.1, -0.05) is 42.5 Å². The minimum atomic E-state index is -3.42. The van der Waals surface area contributed by atoms with E-state index in [4.69, 9.17) is 5.73 Å². The molecular formula is C20H28ClN3O3S. The molecule has 0 fully saturated rings. The van der Waals surface area contributed by atoms with Gasteiger partial charge < -0.3 is 11.1 Å². The number of benzene rings is 2. The van der Waals surface area contributed by atoms with Crippen LogP contribution in [-0.2, 0) is 33.5 Å². The molecule has 6 nitrogen and oxygen atoms in total. The molecule has 0 saturated heterocycles. The molecule has 4 N–H and O–H groups in total. The molecule has 0 aliphatic rings. The number of hydrogen-bond acceptors (Lipinski definition) is 4. The van der Waals surface area contributed by atoms with Gasteiger partial charge in [0.2, 0.25) is 15.9 Å². The Morgan fingerprint density at radius 1 is 1.00 bits per heavy atom. The molecule has 0 aliphatic heterocycles. The Bertz CT molecular complexity index is 886. The number of para-hydroxylation sites is 1. The molecule has 0 spiro atoms. The van der Waals surface area contributed by atoms with Crippen LogP contribution in [0.5, 0.6) is 0 Å². The average Bonchev–Trinajstić information content (AvgIpc) is 2.59. The smallest absolute Gasteiger partial charge is 0.220 e.